The number of primary amides is 1. The highest BCUT2D eigenvalue weighted by Crippen LogP contribution is 2.12. The van der Waals surface area contributed by atoms with Gasteiger partial charge in [0.25, 0.3) is 5.91 Å². The maximum absolute atomic E-state index is 12.3. The molecule has 1 heterocycles. The van der Waals surface area contributed by atoms with Crippen LogP contribution in [0.4, 0.5) is 5.69 Å². The second-order valence-corrected chi connectivity index (χ2v) is 4.38. The van der Waals surface area contributed by atoms with E-state index in [4.69, 9.17) is 15.9 Å². The van der Waals surface area contributed by atoms with Crippen LogP contribution in [0.1, 0.15) is 15.9 Å². The monoisotopic (exact) mass is 273 g/mol. The summed E-state index contributed by atoms with van der Waals surface area (Å²) in [6.07, 6.45) is 2.73. The van der Waals surface area contributed by atoms with Gasteiger partial charge in [-0.2, -0.15) is 0 Å². The molecule has 0 aliphatic rings. The van der Waals surface area contributed by atoms with Crippen molar-refractivity contribution >= 4 is 17.5 Å². The number of hydrogen-bond acceptors (Lipinski definition) is 4. The maximum atomic E-state index is 12.3. The molecule has 0 aliphatic carbocycles. The number of nitrogen functional groups attached to an aromatic ring is 1. The number of anilines is 1. The van der Waals surface area contributed by atoms with Gasteiger partial charge < -0.3 is 20.8 Å². The third-order valence-corrected chi connectivity index (χ3v) is 2.73. The van der Waals surface area contributed by atoms with E-state index in [0.717, 1.165) is 5.56 Å². The molecule has 0 atom stereocenters. The molecule has 20 heavy (non-hydrogen) atoms. The van der Waals surface area contributed by atoms with Crippen molar-refractivity contribution in [2.45, 2.75) is 6.54 Å². The van der Waals surface area contributed by atoms with Crippen LogP contribution in [-0.2, 0) is 11.3 Å². The summed E-state index contributed by atoms with van der Waals surface area (Å²) in [6, 6.07) is 8.65. The topological polar surface area (TPSA) is 103 Å². The highest BCUT2D eigenvalue weighted by molar-refractivity contribution is 5.96. The molecule has 0 radical (unpaired) electrons. The van der Waals surface area contributed by atoms with Crippen molar-refractivity contribution in [2.75, 3.05) is 12.3 Å². The molecule has 4 N–H and O–H groups in total. The molecule has 0 unspecified atom stereocenters. The SMILES string of the molecule is NC(=O)CN(Cc1cccc(N)c1)C(=O)c1ccoc1. The summed E-state index contributed by atoms with van der Waals surface area (Å²) in [5.41, 5.74) is 12.7. The predicted octanol–water partition coefficient (Wildman–Crippen LogP) is 0.989. The van der Waals surface area contributed by atoms with Crippen LogP contribution >= 0.6 is 0 Å². The van der Waals surface area contributed by atoms with E-state index in [9.17, 15) is 9.59 Å². The number of nitrogens with zero attached hydrogens (tertiary/aromatic N) is 1. The Balaban J connectivity index is 2.19. The van der Waals surface area contributed by atoms with E-state index in [1.54, 1.807) is 18.2 Å². The Morgan fingerprint density at radius 3 is 2.65 bits per heavy atom. The van der Waals surface area contributed by atoms with E-state index in [-0.39, 0.29) is 19.0 Å². The lowest BCUT2D eigenvalue weighted by Crippen LogP contribution is -2.37. The normalized spacial score (nSPS) is 10.2. The van der Waals surface area contributed by atoms with E-state index in [2.05, 4.69) is 0 Å². The van der Waals surface area contributed by atoms with E-state index in [1.807, 2.05) is 6.07 Å². The zero-order valence-corrected chi connectivity index (χ0v) is 10.8. The van der Waals surface area contributed by atoms with Gasteiger partial charge in [-0.05, 0) is 23.8 Å². The van der Waals surface area contributed by atoms with E-state index >= 15 is 0 Å². The molecule has 6 heteroatoms. The van der Waals surface area contributed by atoms with Crippen LogP contribution in [0, 0.1) is 0 Å². The molecule has 2 amide bonds. The molecule has 0 fully saturated rings. The smallest absolute Gasteiger partial charge is 0.257 e. The molecule has 0 saturated carbocycles. The number of nitrogens with two attached hydrogens (primary N) is 2. The number of carbonyl (C=O) groups is 2. The molecule has 1 aromatic carbocycles. The molecule has 6 nitrogen and oxygen atoms in total. The molecule has 0 bridgehead atoms. The van der Waals surface area contributed by atoms with Gasteiger partial charge in [-0.3, -0.25) is 9.59 Å². The maximum Gasteiger partial charge on any atom is 0.257 e. The number of amides is 2. The zero-order chi connectivity index (χ0) is 14.5. The Bertz CT molecular complexity index is 608. The first-order valence-corrected chi connectivity index (χ1v) is 6.00. The number of benzene rings is 1. The standard InChI is InChI=1S/C14H15N3O3/c15-12-3-1-2-10(6-12)7-17(8-13(16)18)14(19)11-4-5-20-9-11/h1-6,9H,7-8,15H2,(H2,16,18). The first-order chi connectivity index (χ1) is 9.56. The van der Waals surface area contributed by atoms with Gasteiger partial charge in [0.1, 0.15) is 6.26 Å². The van der Waals surface area contributed by atoms with Gasteiger partial charge in [-0.25, -0.2) is 0 Å². The second kappa shape index (κ2) is 5.92. The summed E-state index contributed by atoms with van der Waals surface area (Å²) in [6.45, 7) is 0.0802. The molecule has 0 spiro atoms. The van der Waals surface area contributed by atoms with Crippen molar-refractivity contribution in [3.05, 3.63) is 54.0 Å². The van der Waals surface area contributed by atoms with Gasteiger partial charge >= 0.3 is 0 Å². The van der Waals surface area contributed by atoms with Crippen LogP contribution in [0.3, 0.4) is 0 Å². The van der Waals surface area contributed by atoms with Gasteiger partial charge in [0, 0.05) is 12.2 Å². The van der Waals surface area contributed by atoms with Gasteiger partial charge in [-0.15, -0.1) is 0 Å². The highest BCUT2D eigenvalue weighted by Gasteiger charge is 2.19. The van der Waals surface area contributed by atoms with Crippen LogP contribution in [-0.4, -0.2) is 23.3 Å². The number of hydrogen-bond donors (Lipinski definition) is 2. The minimum atomic E-state index is -0.578. The van der Waals surface area contributed by atoms with Crippen LogP contribution in [0.15, 0.2) is 47.3 Å². The Morgan fingerprint density at radius 1 is 1.25 bits per heavy atom. The van der Waals surface area contributed by atoms with Crippen molar-refractivity contribution in [2.24, 2.45) is 5.73 Å². The molecule has 1 aromatic heterocycles. The third-order valence-electron chi connectivity index (χ3n) is 2.73. The second-order valence-electron chi connectivity index (χ2n) is 4.38. The third kappa shape index (κ3) is 3.38. The summed E-state index contributed by atoms with van der Waals surface area (Å²) in [4.78, 5) is 24.7. The fraction of sp³-hybridized carbons (Fsp3) is 0.143. The average molecular weight is 273 g/mol. The number of carbonyl (C=O) groups excluding carboxylic acids is 2. The number of rotatable bonds is 5. The average Bonchev–Trinajstić information content (AvgIpc) is 2.90. The van der Waals surface area contributed by atoms with E-state index in [0.29, 0.717) is 11.3 Å². The van der Waals surface area contributed by atoms with Crippen LogP contribution in [0.25, 0.3) is 0 Å². The molecular formula is C14H15N3O3. The fourth-order valence-corrected chi connectivity index (χ4v) is 1.87. The van der Waals surface area contributed by atoms with Gasteiger partial charge in [0.05, 0.1) is 18.4 Å². The van der Waals surface area contributed by atoms with Crippen molar-refractivity contribution < 1.29 is 14.0 Å². The van der Waals surface area contributed by atoms with Crippen molar-refractivity contribution in [1.29, 1.82) is 0 Å². The molecule has 104 valence electrons. The van der Waals surface area contributed by atoms with Crippen molar-refractivity contribution in [3.63, 3.8) is 0 Å². The first-order valence-electron chi connectivity index (χ1n) is 6.00. The molecule has 2 rings (SSSR count). The Labute approximate surface area is 116 Å². The van der Waals surface area contributed by atoms with E-state index < -0.39 is 5.91 Å². The van der Waals surface area contributed by atoms with E-state index in [1.165, 1.54) is 23.5 Å². The quantitative estimate of drug-likeness (QED) is 0.793. The predicted molar refractivity (Wildman–Crippen MR) is 73.5 cm³/mol. The van der Waals surface area contributed by atoms with Crippen LogP contribution < -0.4 is 11.5 Å². The summed E-state index contributed by atoms with van der Waals surface area (Å²) in [5.74, 6) is -0.897. The Morgan fingerprint density at radius 2 is 2.05 bits per heavy atom. The molecule has 0 saturated heterocycles. The van der Waals surface area contributed by atoms with Gasteiger partial charge in [0.2, 0.25) is 5.91 Å². The highest BCUT2D eigenvalue weighted by atomic mass is 16.3. The van der Waals surface area contributed by atoms with Crippen LogP contribution in [0.5, 0.6) is 0 Å². The molecule has 0 aliphatic heterocycles. The largest absolute Gasteiger partial charge is 0.472 e. The Kier molecular flexibility index (Phi) is 4.05. The van der Waals surface area contributed by atoms with Crippen molar-refractivity contribution in [1.82, 2.24) is 4.90 Å². The fourth-order valence-electron chi connectivity index (χ4n) is 1.87. The summed E-state index contributed by atoms with van der Waals surface area (Å²) < 4.78 is 4.88. The minimum absolute atomic E-state index is 0.168. The lowest BCUT2D eigenvalue weighted by atomic mass is 10.1. The zero-order valence-electron chi connectivity index (χ0n) is 10.8. The minimum Gasteiger partial charge on any atom is -0.472 e. The Hall–Kier alpha value is -2.76. The summed E-state index contributed by atoms with van der Waals surface area (Å²) in [5, 5.41) is 0. The molecule has 2 aromatic rings. The summed E-state index contributed by atoms with van der Waals surface area (Å²) in [7, 11) is 0. The lowest BCUT2D eigenvalue weighted by Gasteiger charge is -2.20. The van der Waals surface area contributed by atoms with Gasteiger partial charge in [0.15, 0.2) is 0 Å². The van der Waals surface area contributed by atoms with Gasteiger partial charge in [-0.1, -0.05) is 12.1 Å². The number of furan rings is 1. The first kappa shape index (κ1) is 13.7. The van der Waals surface area contributed by atoms with Crippen LogP contribution in [0.2, 0.25) is 0 Å². The van der Waals surface area contributed by atoms with Crippen molar-refractivity contribution in [3.8, 4) is 0 Å². The lowest BCUT2D eigenvalue weighted by molar-refractivity contribution is -0.118. The summed E-state index contributed by atoms with van der Waals surface area (Å²) >= 11 is 0. The molecular weight excluding hydrogens is 258 g/mol.